The van der Waals surface area contributed by atoms with Gasteiger partial charge in [-0.05, 0) is 24.0 Å². The van der Waals surface area contributed by atoms with E-state index in [1.54, 1.807) is 19.1 Å². The maximum absolute atomic E-state index is 12.5. The van der Waals surface area contributed by atoms with Gasteiger partial charge >= 0.3 is 5.97 Å². The Labute approximate surface area is 166 Å². The van der Waals surface area contributed by atoms with E-state index < -0.39 is 12.1 Å². The summed E-state index contributed by atoms with van der Waals surface area (Å²) in [5, 5.41) is 14.9. The van der Waals surface area contributed by atoms with Crippen LogP contribution in [-0.4, -0.2) is 23.9 Å². The predicted octanol–water partition coefficient (Wildman–Crippen LogP) is 4.44. The highest BCUT2D eigenvalue weighted by Gasteiger charge is 2.25. The van der Waals surface area contributed by atoms with Gasteiger partial charge in [0.2, 0.25) is 0 Å². The summed E-state index contributed by atoms with van der Waals surface area (Å²) in [4.78, 5) is 17.9. The average Bonchev–Trinajstić information content (AvgIpc) is 2.71. The Hall–Kier alpha value is -2.92. The number of benzene rings is 2. The standard InChI is InChI=1S/C23H27NO4/c1-4-27-23(26)21(17(2)3)20(22(25)19-13-9-6-10-14-19)15-24-28-16-18-11-7-5-8-12-18/h5-15,17,22,25H,4,16H2,1-3H3/b21-20+,24-15+. The minimum Gasteiger partial charge on any atom is -0.463 e. The number of rotatable bonds is 9. The van der Waals surface area contributed by atoms with E-state index in [0.717, 1.165) is 5.56 Å². The van der Waals surface area contributed by atoms with Crippen LogP contribution in [0.4, 0.5) is 0 Å². The number of aliphatic hydroxyl groups excluding tert-OH is 1. The molecule has 2 rings (SSSR count). The molecule has 0 saturated heterocycles. The lowest BCUT2D eigenvalue weighted by molar-refractivity contribution is -0.139. The normalized spacial score (nSPS) is 13.3. The second-order valence-electron chi connectivity index (χ2n) is 6.55. The molecule has 5 heteroatoms. The van der Waals surface area contributed by atoms with Crippen LogP contribution in [0.15, 0.2) is 77.0 Å². The zero-order chi connectivity index (χ0) is 20.4. The fourth-order valence-electron chi connectivity index (χ4n) is 2.78. The molecule has 1 N–H and O–H groups in total. The van der Waals surface area contributed by atoms with Crippen LogP contribution in [0.2, 0.25) is 0 Å². The molecular formula is C23H27NO4. The van der Waals surface area contributed by atoms with Gasteiger partial charge in [-0.2, -0.15) is 0 Å². The van der Waals surface area contributed by atoms with Gasteiger partial charge in [-0.3, -0.25) is 0 Å². The van der Waals surface area contributed by atoms with Crippen LogP contribution in [0.5, 0.6) is 0 Å². The van der Waals surface area contributed by atoms with Crippen molar-refractivity contribution >= 4 is 12.2 Å². The molecular weight excluding hydrogens is 354 g/mol. The Bertz CT molecular complexity index is 798. The van der Waals surface area contributed by atoms with Crippen molar-refractivity contribution in [2.24, 2.45) is 11.1 Å². The highest BCUT2D eigenvalue weighted by molar-refractivity contribution is 5.97. The van der Waals surface area contributed by atoms with Crippen molar-refractivity contribution in [1.82, 2.24) is 0 Å². The number of hydrogen-bond acceptors (Lipinski definition) is 5. The predicted molar refractivity (Wildman–Crippen MR) is 110 cm³/mol. The second-order valence-corrected chi connectivity index (χ2v) is 6.55. The topological polar surface area (TPSA) is 68.1 Å². The fraction of sp³-hybridized carbons (Fsp3) is 0.304. The van der Waals surface area contributed by atoms with E-state index in [4.69, 9.17) is 9.57 Å². The molecule has 0 aliphatic carbocycles. The molecule has 1 atom stereocenters. The van der Waals surface area contributed by atoms with Crippen LogP contribution < -0.4 is 0 Å². The van der Waals surface area contributed by atoms with Crippen molar-refractivity contribution in [3.05, 3.63) is 82.9 Å². The summed E-state index contributed by atoms with van der Waals surface area (Å²) in [6.45, 7) is 6.05. The monoisotopic (exact) mass is 381 g/mol. The second kappa shape index (κ2) is 11.0. The number of esters is 1. The summed E-state index contributed by atoms with van der Waals surface area (Å²) < 4.78 is 5.20. The molecule has 0 amide bonds. The van der Waals surface area contributed by atoms with E-state index in [0.29, 0.717) is 23.3 Å². The van der Waals surface area contributed by atoms with Crippen LogP contribution in [0, 0.1) is 5.92 Å². The first-order chi connectivity index (χ1) is 13.5. The number of hydrogen-bond donors (Lipinski definition) is 1. The minimum atomic E-state index is -1.02. The third-order valence-corrected chi connectivity index (χ3v) is 4.13. The maximum Gasteiger partial charge on any atom is 0.334 e. The largest absolute Gasteiger partial charge is 0.463 e. The van der Waals surface area contributed by atoms with Gasteiger partial charge in [0, 0.05) is 11.1 Å². The Morgan fingerprint density at radius 1 is 1.07 bits per heavy atom. The summed E-state index contributed by atoms with van der Waals surface area (Å²) in [5.74, 6) is -0.620. The van der Waals surface area contributed by atoms with E-state index >= 15 is 0 Å². The molecule has 0 bridgehead atoms. The molecule has 1 unspecified atom stereocenters. The van der Waals surface area contributed by atoms with Gasteiger partial charge in [0.25, 0.3) is 0 Å². The molecule has 0 aromatic heterocycles. The molecule has 5 nitrogen and oxygen atoms in total. The lowest BCUT2D eigenvalue weighted by atomic mass is 9.91. The van der Waals surface area contributed by atoms with Gasteiger partial charge < -0.3 is 14.7 Å². The van der Waals surface area contributed by atoms with Crippen molar-refractivity contribution in [3.8, 4) is 0 Å². The van der Waals surface area contributed by atoms with E-state index in [1.165, 1.54) is 6.21 Å². The Morgan fingerprint density at radius 2 is 1.68 bits per heavy atom. The zero-order valence-electron chi connectivity index (χ0n) is 16.5. The number of ether oxygens (including phenoxy) is 1. The Morgan fingerprint density at radius 3 is 2.25 bits per heavy atom. The highest BCUT2D eigenvalue weighted by atomic mass is 16.6. The Kier molecular flexibility index (Phi) is 8.43. The minimum absolute atomic E-state index is 0.159. The van der Waals surface area contributed by atoms with Crippen LogP contribution in [-0.2, 0) is 21.0 Å². The first-order valence-electron chi connectivity index (χ1n) is 9.38. The van der Waals surface area contributed by atoms with Gasteiger partial charge in [-0.1, -0.05) is 79.7 Å². The van der Waals surface area contributed by atoms with Crippen molar-refractivity contribution < 1.29 is 19.5 Å². The smallest absolute Gasteiger partial charge is 0.334 e. The molecule has 0 aliphatic rings. The zero-order valence-corrected chi connectivity index (χ0v) is 16.5. The summed E-state index contributed by atoms with van der Waals surface area (Å²) >= 11 is 0. The Balaban J connectivity index is 2.32. The number of oxime groups is 1. The van der Waals surface area contributed by atoms with E-state index in [9.17, 15) is 9.90 Å². The molecule has 0 radical (unpaired) electrons. The molecule has 2 aromatic carbocycles. The number of aliphatic hydroxyl groups is 1. The molecule has 0 aliphatic heterocycles. The van der Waals surface area contributed by atoms with Crippen LogP contribution in [0.3, 0.4) is 0 Å². The number of carbonyl (C=O) groups is 1. The molecule has 2 aromatic rings. The van der Waals surface area contributed by atoms with Gasteiger partial charge in [-0.15, -0.1) is 0 Å². The van der Waals surface area contributed by atoms with Crippen molar-refractivity contribution in [2.75, 3.05) is 6.61 Å². The van der Waals surface area contributed by atoms with Crippen molar-refractivity contribution in [1.29, 1.82) is 0 Å². The molecule has 148 valence electrons. The third kappa shape index (κ3) is 6.06. The summed E-state index contributed by atoms with van der Waals surface area (Å²) in [6, 6.07) is 18.8. The lowest BCUT2D eigenvalue weighted by Gasteiger charge is -2.19. The number of carbonyl (C=O) groups excluding carboxylic acids is 1. The van der Waals surface area contributed by atoms with Gasteiger partial charge in [0.1, 0.15) is 12.7 Å². The first kappa shape index (κ1) is 21.4. The van der Waals surface area contributed by atoms with Gasteiger partial charge in [-0.25, -0.2) is 4.79 Å². The maximum atomic E-state index is 12.5. The van der Waals surface area contributed by atoms with E-state index in [1.807, 2.05) is 62.4 Å². The van der Waals surface area contributed by atoms with Crippen LogP contribution in [0.1, 0.15) is 38.0 Å². The van der Waals surface area contributed by atoms with Crippen LogP contribution in [0.25, 0.3) is 0 Å². The van der Waals surface area contributed by atoms with Gasteiger partial charge in [0.05, 0.1) is 12.8 Å². The lowest BCUT2D eigenvalue weighted by Crippen LogP contribution is -2.19. The van der Waals surface area contributed by atoms with Crippen molar-refractivity contribution in [3.63, 3.8) is 0 Å². The quantitative estimate of drug-likeness (QED) is 0.302. The molecule has 0 saturated carbocycles. The average molecular weight is 381 g/mol. The fourth-order valence-corrected chi connectivity index (χ4v) is 2.78. The summed E-state index contributed by atoms with van der Waals surface area (Å²) in [6.07, 6.45) is 0.388. The highest BCUT2D eigenvalue weighted by Crippen LogP contribution is 2.27. The molecule has 0 spiro atoms. The van der Waals surface area contributed by atoms with Crippen molar-refractivity contribution in [2.45, 2.75) is 33.5 Å². The van der Waals surface area contributed by atoms with E-state index in [-0.39, 0.29) is 12.5 Å². The SMILES string of the molecule is CCOC(=O)/C(=C(\C=N\OCc1ccccc1)C(O)c1ccccc1)C(C)C. The summed E-state index contributed by atoms with van der Waals surface area (Å²) in [5.41, 5.74) is 2.38. The summed E-state index contributed by atoms with van der Waals surface area (Å²) in [7, 11) is 0. The molecule has 0 heterocycles. The number of nitrogens with zero attached hydrogens (tertiary/aromatic N) is 1. The first-order valence-corrected chi connectivity index (χ1v) is 9.38. The van der Waals surface area contributed by atoms with E-state index in [2.05, 4.69) is 5.16 Å². The molecule has 0 fully saturated rings. The van der Waals surface area contributed by atoms with Gasteiger partial charge in [0.15, 0.2) is 0 Å². The molecule has 28 heavy (non-hydrogen) atoms. The third-order valence-electron chi connectivity index (χ3n) is 4.13. The van der Waals surface area contributed by atoms with Crippen LogP contribution >= 0.6 is 0 Å².